The molecule has 1 saturated carbocycles. The quantitative estimate of drug-likeness (QED) is 0.608. The van der Waals surface area contributed by atoms with Gasteiger partial charge in [0.25, 0.3) is 0 Å². The SMILES string of the molecule is Oc1cc(C(F)(F)F)ccc1-c1nnc(N[C@H]2CCC[C@H](O)C2)c2ncccc12. The van der Waals surface area contributed by atoms with E-state index in [1.54, 1.807) is 18.3 Å². The summed E-state index contributed by atoms with van der Waals surface area (Å²) >= 11 is 0. The van der Waals surface area contributed by atoms with Crippen molar-refractivity contribution >= 4 is 16.7 Å². The zero-order valence-corrected chi connectivity index (χ0v) is 15.3. The monoisotopic (exact) mass is 404 g/mol. The summed E-state index contributed by atoms with van der Waals surface area (Å²) in [6.45, 7) is 0. The van der Waals surface area contributed by atoms with Crippen LogP contribution in [0.4, 0.5) is 19.0 Å². The maximum Gasteiger partial charge on any atom is 0.416 e. The van der Waals surface area contributed by atoms with Crippen LogP contribution in [0.5, 0.6) is 5.75 Å². The Labute approximate surface area is 164 Å². The summed E-state index contributed by atoms with van der Waals surface area (Å²) in [5, 5.41) is 32.2. The van der Waals surface area contributed by atoms with E-state index >= 15 is 0 Å². The Bertz CT molecular complexity index is 1040. The molecule has 0 bridgehead atoms. The standard InChI is InChI=1S/C20H19F3N4O2/c21-20(22,23)11-6-7-14(16(29)9-11)17-15-5-2-8-24-18(15)19(27-26-17)25-12-3-1-4-13(28)10-12/h2,5-9,12-13,28-29H,1,3-4,10H2,(H,25,27)/t12-,13-/m0/s1. The Morgan fingerprint density at radius 3 is 2.66 bits per heavy atom. The molecule has 6 nitrogen and oxygen atoms in total. The van der Waals surface area contributed by atoms with Crippen molar-refractivity contribution in [3.63, 3.8) is 0 Å². The molecular weight excluding hydrogens is 385 g/mol. The second kappa shape index (κ2) is 7.47. The first-order chi connectivity index (χ1) is 13.8. The summed E-state index contributed by atoms with van der Waals surface area (Å²) < 4.78 is 38.6. The maximum absolute atomic E-state index is 12.9. The molecule has 1 aliphatic carbocycles. The topological polar surface area (TPSA) is 91.2 Å². The minimum atomic E-state index is -4.55. The number of aromatic nitrogens is 3. The van der Waals surface area contributed by atoms with Crippen LogP contribution in [0.25, 0.3) is 22.2 Å². The minimum Gasteiger partial charge on any atom is -0.507 e. The van der Waals surface area contributed by atoms with E-state index in [2.05, 4.69) is 20.5 Å². The Morgan fingerprint density at radius 1 is 1.10 bits per heavy atom. The third-order valence-corrected chi connectivity index (χ3v) is 5.10. The van der Waals surface area contributed by atoms with Gasteiger partial charge in [-0.05, 0) is 56.0 Å². The molecule has 0 spiro atoms. The number of rotatable bonds is 3. The molecular formula is C20H19F3N4O2. The smallest absolute Gasteiger partial charge is 0.416 e. The van der Waals surface area contributed by atoms with Gasteiger partial charge in [-0.15, -0.1) is 10.2 Å². The normalized spacial score (nSPS) is 20.0. The number of hydrogen-bond donors (Lipinski definition) is 3. The lowest BCUT2D eigenvalue weighted by Crippen LogP contribution is -2.30. The van der Waals surface area contributed by atoms with Crippen molar-refractivity contribution in [2.24, 2.45) is 0 Å². The van der Waals surface area contributed by atoms with Gasteiger partial charge in [0.2, 0.25) is 0 Å². The summed E-state index contributed by atoms with van der Waals surface area (Å²) in [7, 11) is 0. The van der Waals surface area contributed by atoms with E-state index in [1.165, 1.54) is 6.07 Å². The van der Waals surface area contributed by atoms with Crippen molar-refractivity contribution in [3.05, 3.63) is 42.1 Å². The van der Waals surface area contributed by atoms with E-state index in [-0.39, 0.29) is 23.4 Å². The van der Waals surface area contributed by atoms with Crippen molar-refractivity contribution < 1.29 is 23.4 Å². The fourth-order valence-electron chi connectivity index (χ4n) is 3.68. The number of phenols is 1. The largest absolute Gasteiger partial charge is 0.507 e. The zero-order valence-electron chi connectivity index (χ0n) is 15.3. The van der Waals surface area contributed by atoms with E-state index in [0.717, 1.165) is 25.3 Å². The number of aliphatic hydroxyl groups is 1. The number of aliphatic hydroxyl groups excluding tert-OH is 1. The number of benzene rings is 1. The number of hydrogen-bond acceptors (Lipinski definition) is 6. The molecule has 0 unspecified atom stereocenters. The van der Waals surface area contributed by atoms with Crippen LogP contribution in [0.1, 0.15) is 31.2 Å². The van der Waals surface area contributed by atoms with Gasteiger partial charge in [-0.1, -0.05) is 0 Å². The summed E-state index contributed by atoms with van der Waals surface area (Å²) in [5.74, 6) is -0.0924. The van der Waals surface area contributed by atoms with Gasteiger partial charge in [-0.3, -0.25) is 4.98 Å². The number of phenolic OH excluding ortho intramolecular Hbond substituents is 1. The lowest BCUT2D eigenvalue weighted by molar-refractivity contribution is -0.137. The first kappa shape index (κ1) is 19.4. The summed E-state index contributed by atoms with van der Waals surface area (Å²) in [4.78, 5) is 4.35. The van der Waals surface area contributed by atoms with Crippen molar-refractivity contribution in [1.29, 1.82) is 0 Å². The third kappa shape index (κ3) is 3.95. The lowest BCUT2D eigenvalue weighted by atomic mass is 9.93. The van der Waals surface area contributed by atoms with Crippen molar-refractivity contribution in [1.82, 2.24) is 15.2 Å². The Morgan fingerprint density at radius 2 is 1.93 bits per heavy atom. The van der Waals surface area contributed by atoms with E-state index in [9.17, 15) is 23.4 Å². The zero-order chi connectivity index (χ0) is 20.6. The number of aromatic hydroxyl groups is 1. The molecule has 2 heterocycles. The molecule has 3 aromatic rings. The highest BCUT2D eigenvalue weighted by molar-refractivity contribution is 5.98. The molecule has 1 aliphatic rings. The number of anilines is 1. The van der Waals surface area contributed by atoms with E-state index in [1.807, 2.05) is 0 Å². The molecule has 0 aliphatic heterocycles. The molecule has 2 atom stereocenters. The van der Waals surface area contributed by atoms with Gasteiger partial charge in [-0.25, -0.2) is 0 Å². The van der Waals surface area contributed by atoms with Crippen LogP contribution in [0.15, 0.2) is 36.5 Å². The van der Waals surface area contributed by atoms with Gasteiger partial charge < -0.3 is 15.5 Å². The van der Waals surface area contributed by atoms with Gasteiger partial charge in [0.1, 0.15) is 17.0 Å². The van der Waals surface area contributed by atoms with Crippen molar-refractivity contribution in [2.45, 2.75) is 44.0 Å². The lowest BCUT2D eigenvalue weighted by Gasteiger charge is -2.27. The van der Waals surface area contributed by atoms with Crippen LogP contribution >= 0.6 is 0 Å². The van der Waals surface area contributed by atoms with E-state index in [0.29, 0.717) is 29.2 Å². The Hall–Kier alpha value is -2.94. The molecule has 9 heteroatoms. The molecule has 2 aromatic heterocycles. The van der Waals surface area contributed by atoms with Crippen LogP contribution in [-0.4, -0.2) is 37.5 Å². The summed E-state index contributed by atoms with van der Waals surface area (Å²) in [6.07, 6.45) is -0.182. The molecule has 0 amide bonds. The predicted molar refractivity (Wildman–Crippen MR) is 101 cm³/mol. The minimum absolute atomic E-state index is 0.0311. The third-order valence-electron chi connectivity index (χ3n) is 5.10. The first-order valence-electron chi connectivity index (χ1n) is 9.29. The number of nitrogens with one attached hydrogen (secondary N) is 1. The highest BCUT2D eigenvalue weighted by Crippen LogP contribution is 2.38. The van der Waals surface area contributed by atoms with Crippen molar-refractivity contribution in [2.75, 3.05) is 5.32 Å². The van der Waals surface area contributed by atoms with Crippen LogP contribution < -0.4 is 5.32 Å². The van der Waals surface area contributed by atoms with Crippen LogP contribution in [0.2, 0.25) is 0 Å². The fourth-order valence-corrected chi connectivity index (χ4v) is 3.68. The van der Waals surface area contributed by atoms with E-state index in [4.69, 9.17) is 0 Å². The second-order valence-electron chi connectivity index (χ2n) is 7.19. The van der Waals surface area contributed by atoms with Crippen LogP contribution in [0.3, 0.4) is 0 Å². The molecule has 3 N–H and O–H groups in total. The molecule has 29 heavy (non-hydrogen) atoms. The van der Waals surface area contributed by atoms with Gasteiger partial charge >= 0.3 is 6.18 Å². The number of alkyl halides is 3. The van der Waals surface area contributed by atoms with Gasteiger partial charge in [0, 0.05) is 23.2 Å². The summed E-state index contributed by atoms with van der Waals surface area (Å²) in [5.41, 5.74) is -0.0585. The maximum atomic E-state index is 12.9. The fraction of sp³-hybridized carbons (Fsp3) is 0.350. The average Bonchev–Trinajstić information content (AvgIpc) is 2.68. The summed E-state index contributed by atoms with van der Waals surface area (Å²) in [6, 6.07) is 6.19. The molecule has 4 rings (SSSR count). The van der Waals surface area contributed by atoms with Crippen LogP contribution in [0, 0.1) is 0 Å². The number of pyridine rings is 1. The average molecular weight is 404 g/mol. The molecule has 1 aromatic carbocycles. The van der Waals surface area contributed by atoms with Crippen LogP contribution in [-0.2, 0) is 6.18 Å². The Balaban J connectivity index is 1.74. The Kier molecular flexibility index (Phi) is 4.99. The number of halogens is 3. The molecule has 0 saturated heterocycles. The highest BCUT2D eigenvalue weighted by atomic mass is 19.4. The second-order valence-corrected chi connectivity index (χ2v) is 7.19. The number of nitrogens with zero attached hydrogens (tertiary/aromatic N) is 3. The van der Waals surface area contributed by atoms with Gasteiger partial charge in [-0.2, -0.15) is 13.2 Å². The van der Waals surface area contributed by atoms with E-state index < -0.39 is 17.5 Å². The molecule has 0 radical (unpaired) electrons. The molecule has 152 valence electrons. The molecule has 1 fully saturated rings. The van der Waals surface area contributed by atoms with Gasteiger partial charge in [0.15, 0.2) is 5.82 Å². The van der Waals surface area contributed by atoms with Crippen molar-refractivity contribution in [3.8, 4) is 17.0 Å². The first-order valence-corrected chi connectivity index (χ1v) is 9.29. The number of fused-ring (bicyclic) bond motifs is 1. The highest BCUT2D eigenvalue weighted by Gasteiger charge is 2.31. The van der Waals surface area contributed by atoms with Gasteiger partial charge in [0.05, 0.1) is 11.7 Å². The predicted octanol–water partition coefficient (Wildman–Crippen LogP) is 4.13.